The Morgan fingerprint density at radius 1 is 1.00 bits per heavy atom. The molecule has 2 aromatic heterocycles. The van der Waals surface area contributed by atoms with E-state index in [0.717, 1.165) is 11.1 Å². The van der Waals surface area contributed by atoms with Crippen LogP contribution in [0.4, 0.5) is 5.95 Å². The Morgan fingerprint density at radius 2 is 1.81 bits per heavy atom. The fraction of sp³-hybridized carbons (Fsp3) is 0. The van der Waals surface area contributed by atoms with Gasteiger partial charge in [0.15, 0.2) is 5.65 Å². The number of rotatable bonds is 1. The minimum absolute atomic E-state index is 0.398. The molecule has 5 heteroatoms. The summed E-state index contributed by atoms with van der Waals surface area (Å²) < 4.78 is 1.83. The van der Waals surface area contributed by atoms with Gasteiger partial charge in [-0.05, 0) is 29.0 Å². The zero-order chi connectivity index (χ0) is 14.4. The Balaban J connectivity index is 2.01. The monoisotopic (exact) mass is 294 g/mol. The maximum absolute atomic E-state index is 6.05. The van der Waals surface area contributed by atoms with Gasteiger partial charge in [-0.3, -0.25) is 4.57 Å². The number of nitrogens with two attached hydrogens (primary N) is 1. The molecular formula is C16H11ClN4. The third-order valence-electron chi connectivity index (χ3n) is 3.48. The van der Waals surface area contributed by atoms with E-state index in [9.17, 15) is 0 Å². The number of imidazole rings is 1. The first kappa shape index (κ1) is 12.2. The van der Waals surface area contributed by atoms with E-state index in [1.807, 2.05) is 22.8 Å². The Hall–Kier alpha value is -2.59. The van der Waals surface area contributed by atoms with Crippen molar-refractivity contribution in [3.63, 3.8) is 0 Å². The van der Waals surface area contributed by atoms with Crippen molar-refractivity contribution in [1.82, 2.24) is 14.5 Å². The van der Waals surface area contributed by atoms with Crippen LogP contribution in [0.2, 0.25) is 5.02 Å². The molecule has 4 nitrogen and oxygen atoms in total. The Labute approximate surface area is 125 Å². The number of aromatic nitrogens is 3. The van der Waals surface area contributed by atoms with Gasteiger partial charge in [-0.25, -0.2) is 9.97 Å². The van der Waals surface area contributed by atoms with Crippen molar-refractivity contribution in [2.45, 2.75) is 0 Å². The largest absolute Gasteiger partial charge is 0.369 e. The zero-order valence-corrected chi connectivity index (χ0v) is 11.7. The first-order valence-corrected chi connectivity index (χ1v) is 6.89. The van der Waals surface area contributed by atoms with Crippen molar-refractivity contribution < 1.29 is 0 Å². The second kappa shape index (κ2) is 4.46. The van der Waals surface area contributed by atoms with Crippen molar-refractivity contribution >= 4 is 39.5 Å². The predicted octanol–water partition coefficient (Wildman–Crippen LogP) is 3.81. The summed E-state index contributed by atoms with van der Waals surface area (Å²) in [5.74, 6) is 0.398. The van der Waals surface area contributed by atoms with Crippen LogP contribution >= 0.6 is 11.6 Å². The van der Waals surface area contributed by atoms with Crippen molar-refractivity contribution in [3.8, 4) is 5.69 Å². The van der Waals surface area contributed by atoms with E-state index < -0.39 is 0 Å². The summed E-state index contributed by atoms with van der Waals surface area (Å²) in [7, 11) is 0. The van der Waals surface area contributed by atoms with Crippen molar-refractivity contribution in [2.24, 2.45) is 0 Å². The minimum Gasteiger partial charge on any atom is -0.369 e. The molecule has 0 bridgehead atoms. The standard InChI is InChI=1S/C16H11ClN4/c17-12-8-14-15(19-9-12)21(16(18)20-14)13-6-5-10-3-1-2-4-11(10)7-13/h1-9H,(H2,18,20). The lowest BCUT2D eigenvalue weighted by molar-refractivity contribution is 1.09. The summed E-state index contributed by atoms with van der Waals surface area (Å²) in [5, 5.41) is 2.87. The number of pyridine rings is 1. The van der Waals surface area contributed by atoms with Crippen LogP contribution in [0.5, 0.6) is 0 Å². The summed E-state index contributed by atoms with van der Waals surface area (Å²) in [5.41, 5.74) is 8.37. The van der Waals surface area contributed by atoms with E-state index in [0.29, 0.717) is 22.1 Å². The van der Waals surface area contributed by atoms with Gasteiger partial charge in [-0.2, -0.15) is 0 Å². The summed E-state index contributed by atoms with van der Waals surface area (Å²) in [6, 6.07) is 16.1. The molecule has 4 aromatic rings. The maximum atomic E-state index is 6.05. The molecule has 4 rings (SSSR count). The van der Waals surface area contributed by atoms with Gasteiger partial charge in [-0.1, -0.05) is 41.9 Å². The quantitative estimate of drug-likeness (QED) is 0.581. The van der Waals surface area contributed by atoms with E-state index >= 15 is 0 Å². The topological polar surface area (TPSA) is 56.7 Å². The van der Waals surface area contributed by atoms with Crippen LogP contribution < -0.4 is 5.73 Å². The number of benzene rings is 2. The highest BCUT2D eigenvalue weighted by atomic mass is 35.5. The van der Waals surface area contributed by atoms with Gasteiger partial charge in [0.1, 0.15) is 5.52 Å². The van der Waals surface area contributed by atoms with Crippen LogP contribution in [0.15, 0.2) is 54.7 Å². The zero-order valence-electron chi connectivity index (χ0n) is 11.0. The number of anilines is 1. The molecule has 2 N–H and O–H groups in total. The molecule has 0 fully saturated rings. The smallest absolute Gasteiger partial charge is 0.207 e. The van der Waals surface area contributed by atoms with E-state index in [4.69, 9.17) is 17.3 Å². The van der Waals surface area contributed by atoms with Crippen molar-refractivity contribution in [3.05, 3.63) is 59.8 Å². The molecule has 0 aliphatic rings. The molecule has 21 heavy (non-hydrogen) atoms. The molecule has 0 spiro atoms. The minimum atomic E-state index is 0.398. The second-order valence-corrected chi connectivity index (χ2v) is 5.27. The van der Waals surface area contributed by atoms with Gasteiger partial charge in [0.25, 0.3) is 0 Å². The number of hydrogen-bond donors (Lipinski definition) is 1. The van der Waals surface area contributed by atoms with E-state index in [1.165, 1.54) is 5.39 Å². The third-order valence-corrected chi connectivity index (χ3v) is 3.69. The molecule has 102 valence electrons. The molecule has 0 aliphatic carbocycles. The van der Waals surface area contributed by atoms with E-state index in [2.05, 4.69) is 34.2 Å². The summed E-state index contributed by atoms with van der Waals surface area (Å²) >= 11 is 5.95. The number of fused-ring (bicyclic) bond motifs is 2. The van der Waals surface area contributed by atoms with Gasteiger partial charge in [0, 0.05) is 6.20 Å². The molecular weight excluding hydrogens is 284 g/mol. The number of nitrogen functional groups attached to an aromatic ring is 1. The third kappa shape index (κ3) is 1.92. The Morgan fingerprint density at radius 3 is 2.67 bits per heavy atom. The fourth-order valence-electron chi connectivity index (χ4n) is 2.53. The lowest BCUT2D eigenvalue weighted by atomic mass is 10.1. The molecule has 0 saturated carbocycles. The van der Waals surface area contributed by atoms with Gasteiger partial charge in [-0.15, -0.1) is 0 Å². The van der Waals surface area contributed by atoms with E-state index in [-0.39, 0.29) is 0 Å². The summed E-state index contributed by atoms with van der Waals surface area (Å²) in [6.45, 7) is 0. The molecule has 0 atom stereocenters. The Kier molecular flexibility index (Phi) is 2.59. The van der Waals surface area contributed by atoms with Crippen LogP contribution in [0.3, 0.4) is 0 Å². The molecule has 0 radical (unpaired) electrons. The number of hydrogen-bond acceptors (Lipinski definition) is 3. The highest BCUT2D eigenvalue weighted by Gasteiger charge is 2.12. The Bertz CT molecular complexity index is 975. The average molecular weight is 295 g/mol. The summed E-state index contributed by atoms with van der Waals surface area (Å²) in [4.78, 5) is 8.67. The van der Waals surface area contributed by atoms with Gasteiger partial charge in [0.05, 0.1) is 10.7 Å². The predicted molar refractivity (Wildman–Crippen MR) is 85.8 cm³/mol. The van der Waals surface area contributed by atoms with Crippen molar-refractivity contribution in [2.75, 3.05) is 5.73 Å². The van der Waals surface area contributed by atoms with Gasteiger partial charge < -0.3 is 5.73 Å². The number of halogens is 1. The second-order valence-electron chi connectivity index (χ2n) is 4.83. The molecule has 0 unspecified atom stereocenters. The molecule has 2 aromatic carbocycles. The lowest BCUT2D eigenvalue weighted by Crippen LogP contribution is -2.01. The van der Waals surface area contributed by atoms with Gasteiger partial charge in [0.2, 0.25) is 5.95 Å². The van der Waals surface area contributed by atoms with Crippen LogP contribution in [0.25, 0.3) is 27.6 Å². The highest BCUT2D eigenvalue weighted by Crippen LogP contribution is 2.25. The van der Waals surface area contributed by atoms with Crippen LogP contribution in [-0.4, -0.2) is 14.5 Å². The molecule has 2 heterocycles. The molecule has 0 saturated heterocycles. The van der Waals surface area contributed by atoms with E-state index in [1.54, 1.807) is 12.3 Å². The molecule has 0 amide bonds. The first-order valence-electron chi connectivity index (χ1n) is 6.51. The molecule has 0 aliphatic heterocycles. The normalized spacial score (nSPS) is 11.3. The maximum Gasteiger partial charge on any atom is 0.207 e. The SMILES string of the molecule is Nc1nc2cc(Cl)cnc2n1-c1ccc2ccccc2c1. The van der Waals surface area contributed by atoms with Crippen molar-refractivity contribution in [1.29, 1.82) is 0 Å². The lowest BCUT2D eigenvalue weighted by Gasteiger charge is -2.07. The highest BCUT2D eigenvalue weighted by molar-refractivity contribution is 6.31. The first-order chi connectivity index (χ1) is 10.2. The van der Waals surface area contributed by atoms with Gasteiger partial charge >= 0.3 is 0 Å². The number of nitrogens with zero attached hydrogens (tertiary/aromatic N) is 3. The summed E-state index contributed by atoms with van der Waals surface area (Å²) in [6.07, 6.45) is 1.60. The average Bonchev–Trinajstić information content (AvgIpc) is 2.81. The van der Waals surface area contributed by atoms with Crippen LogP contribution in [0, 0.1) is 0 Å². The van der Waals surface area contributed by atoms with Crippen LogP contribution in [0.1, 0.15) is 0 Å². The fourth-order valence-corrected chi connectivity index (χ4v) is 2.68. The van der Waals surface area contributed by atoms with Crippen LogP contribution in [-0.2, 0) is 0 Å².